The van der Waals surface area contributed by atoms with Crippen molar-refractivity contribution in [3.05, 3.63) is 18.1 Å². The zero-order valence-corrected chi connectivity index (χ0v) is 15.0. The molecule has 0 saturated carbocycles. The lowest BCUT2D eigenvalue weighted by Crippen LogP contribution is -2.55. The minimum absolute atomic E-state index is 0.0226. The minimum atomic E-state index is -3.20. The molecule has 0 N–H and O–H groups in total. The van der Waals surface area contributed by atoms with E-state index in [9.17, 15) is 13.2 Å². The molecule has 9 heteroatoms. The van der Waals surface area contributed by atoms with E-state index in [1.165, 1.54) is 10.6 Å². The summed E-state index contributed by atoms with van der Waals surface area (Å²) in [7, 11) is 0.602. The summed E-state index contributed by atoms with van der Waals surface area (Å²) < 4.78 is 24.3. The first-order valence-electron chi connectivity index (χ1n) is 8.02. The SMILES string of the molecule is CN(C)c1cncc([C@H]2CCCN2C(=O)C2CN(S(C)(=O)=O)C2)n1. The molecule has 0 unspecified atom stereocenters. The number of amides is 1. The van der Waals surface area contributed by atoms with Crippen LogP contribution in [0.25, 0.3) is 0 Å². The summed E-state index contributed by atoms with van der Waals surface area (Å²) in [5, 5.41) is 0. The summed E-state index contributed by atoms with van der Waals surface area (Å²) >= 11 is 0. The van der Waals surface area contributed by atoms with E-state index in [4.69, 9.17) is 0 Å². The number of rotatable bonds is 4. The Morgan fingerprint density at radius 3 is 2.62 bits per heavy atom. The molecule has 3 heterocycles. The number of anilines is 1. The Kier molecular flexibility index (Phi) is 4.48. The van der Waals surface area contributed by atoms with Gasteiger partial charge < -0.3 is 9.80 Å². The zero-order chi connectivity index (χ0) is 17.5. The van der Waals surface area contributed by atoms with E-state index in [1.54, 1.807) is 12.4 Å². The first-order chi connectivity index (χ1) is 11.3. The van der Waals surface area contributed by atoms with Gasteiger partial charge in [-0.2, -0.15) is 0 Å². The van der Waals surface area contributed by atoms with Crippen molar-refractivity contribution >= 4 is 21.7 Å². The molecule has 1 aromatic rings. The summed E-state index contributed by atoms with van der Waals surface area (Å²) in [6.07, 6.45) is 6.37. The van der Waals surface area contributed by atoms with Gasteiger partial charge in [-0.1, -0.05) is 0 Å². The lowest BCUT2D eigenvalue weighted by atomic mass is 10.0. The highest BCUT2D eigenvalue weighted by molar-refractivity contribution is 7.88. The lowest BCUT2D eigenvalue weighted by molar-refractivity contribution is -0.140. The standard InChI is InChI=1S/C15H23N5O3S/c1-18(2)14-8-16-7-12(17-14)13-5-4-6-20(13)15(21)11-9-19(10-11)24(3,22)23/h7-8,11,13H,4-6,9-10H2,1-3H3/t13-/m1/s1. The van der Waals surface area contributed by atoms with Crippen LogP contribution in [0.5, 0.6) is 0 Å². The van der Waals surface area contributed by atoms with Gasteiger partial charge in [0.25, 0.3) is 0 Å². The normalized spacial score (nSPS) is 22.5. The Morgan fingerprint density at radius 1 is 1.29 bits per heavy atom. The van der Waals surface area contributed by atoms with E-state index >= 15 is 0 Å². The predicted octanol–water partition coefficient (Wildman–Crippen LogP) is 0.0975. The zero-order valence-electron chi connectivity index (χ0n) is 14.2. The summed E-state index contributed by atoms with van der Waals surface area (Å²) in [6, 6.07) is -0.0721. The summed E-state index contributed by atoms with van der Waals surface area (Å²) in [5.41, 5.74) is 0.798. The number of hydrogen-bond donors (Lipinski definition) is 0. The van der Waals surface area contributed by atoms with Crippen molar-refractivity contribution in [2.75, 3.05) is 44.9 Å². The van der Waals surface area contributed by atoms with Gasteiger partial charge in [-0.25, -0.2) is 17.7 Å². The molecule has 0 radical (unpaired) electrons. The van der Waals surface area contributed by atoms with Gasteiger partial charge in [0.1, 0.15) is 5.82 Å². The second kappa shape index (κ2) is 6.29. The van der Waals surface area contributed by atoms with Crippen LogP contribution in [-0.2, 0) is 14.8 Å². The lowest BCUT2D eigenvalue weighted by Gasteiger charge is -2.39. The second-order valence-corrected chi connectivity index (χ2v) is 8.65. The van der Waals surface area contributed by atoms with Gasteiger partial charge in [-0.15, -0.1) is 0 Å². The molecule has 0 bridgehead atoms. The van der Waals surface area contributed by atoms with Crippen LogP contribution in [0.3, 0.4) is 0 Å². The Bertz CT molecular complexity index is 730. The minimum Gasteiger partial charge on any atom is -0.361 e. The van der Waals surface area contributed by atoms with Crippen molar-refractivity contribution in [1.29, 1.82) is 0 Å². The Morgan fingerprint density at radius 2 is 2.00 bits per heavy atom. The van der Waals surface area contributed by atoms with Crippen LogP contribution >= 0.6 is 0 Å². The molecule has 2 saturated heterocycles. The number of aromatic nitrogens is 2. The van der Waals surface area contributed by atoms with Crippen molar-refractivity contribution in [3.63, 3.8) is 0 Å². The number of carbonyl (C=O) groups excluding carboxylic acids is 1. The van der Waals surface area contributed by atoms with Crippen LogP contribution in [0.15, 0.2) is 12.4 Å². The van der Waals surface area contributed by atoms with Crippen LogP contribution in [0, 0.1) is 5.92 Å². The fourth-order valence-electron chi connectivity index (χ4n) is 3.18. The molecule has 24 heavy (non-hydrogen) atoms. The topological polar surface area (TPSA) is 86.7 Å². The van der Waals surface area contributed by atoms with Gasteiger partial charge in [-0.3, -0.25) is 9.78 Å². The largest absolute Gasteiger partial charge is 0.361 e. The van der Waals surface area contributed by atoms with Crippen LogP contribution in [0.2, 0.25) is 0 Å². The number of likely N-dealkylation sites (tertiary alicyclic amines) is 1. The fourth-order valence-corrected chi connectivity index (χ4v) is 4.09. The van der Waals surface area contributed by atoms with Crippen LogP contribution in [-0.4, -0.2) is 73.5 Å². The van der Waals surface area contributed by atoms with E-state index in [0.717, 1.165) is 24.4 Å². The van der Waals surface area contributed by atoms with Crippen molar-refractivity contribution in [3.8, 4) is 0 Å². The molecule has 8 nitrogen and oxygen atoms in total. The Labute approximate surface area is 142 Å². The van der Waals surface area contributed by atoms with Crippen molar-refractivity contribution < 1.29 is 13.2 Å². The molecule has 1 amide bonds. The Hall–Kier alpha value is -1.74. The maximum atomic E-state index is 12.7. The molecule has 2 aliphatic rings. The van der Waals surface area contributed by atoms with Gasteiger partial charge in [0.2, 0.25) is 15.9 Å². The molecular formula is C15H23N5O3S. The van der Waals surface area contributed by atoms with Crippen molar-refractivity contribution in [1.82, 2.24) is 19.2 Å². The molecule has 1 aromatic heterocycles. The molecule has 1 atom stereocenters. The van der Waals surface area contributed by atoms with Gasteiger partial charge in [0.15, 0.2) is 0 Å². The number of nitrogens with zero attached hydrogens (tertiary/aromatic N) is 5. The molecule has 0 spiro atoms. The predicted molar refractivity (Wildman–Crippen MR) is 90.0 cm³/mol. The maximum Gasteiger partial charge on any atom is 0.228 e. The highest BCUT2D eigenvalue weighted by Crippen LogP contribution is 2.34. The van der Waals surface area contributed by atoms with Crippen LogP contribution in [0.4, 0.5) is 5.82 Å². The first-order valence-corrected chi connectivity index (χ1v) is 9.87. The van der Waals surface area contributed by atoms with E-state index in [2.05, 4.69) is 9.97 Å². The molecule has 0 aliphatic carbocycles. The molecule has 0 aromatic carbocycles. The molecule has 3 rings (SSSR count). The van der Waals surface area contributed by atoms with Gasteiger partial charge >= 0.3 is 0 Å². The fraction of sp³-hybridized carbons (Fsp3) is 0.667. The molecule has 2 aliphatic heterocycles. The van der Waals surface area contributed by atoms with Crippen LogP contribution < -0.4 is 4.90 Å². The third-order valence-corrected chi connectivity index (χ3v) is 5.88. The van der Waals surface area contributed by atoms with E-state index in [1.807, 2.05) is 23.9 Å². The third kappa shape index (κ3) is 3.23. The van der Waals surface area contributed by atoms with Crippen LogP contribution in [0.1, 0.15) is 24.6 Å². The Balaban J connectivity index is 1.72. The van der Waals surface area contributed by atoms with E-state index in [0.29, 0.717) is 6.54 Å². The summed E-state index contributed by atoms with van der Waals surface area (Å²) in [4.78, 5) is 25.3. The first kappa shape index (κ1) is 17.1. The molecule has 132 valence electrons. The number of sulfonamides is 1. The second-order valence-electron chi connectivity index (χ2n) is 6.66. The van der Waals surface area contributed by atoms with E-state index in [-0.39, 0.29) is 31.0 Å². The highest BCUT2D eigenvalue weighted by atomic mass is 32.2. The molecular weight excluding hydrogens is 330 g/mol. The van der Waals surface area contributed by atoms with Crippen molar-refractivity contribution in [2.45, 2.75) is 18.9 Å². The third-order valence-electron chi connectivity index (χ3n) is 4.64. The van der Waals surface area contributed by atoms with Crippen molar-refractivity contribution in [2.24, 2.45) is 5.92 Å². The number of carbonyl (C=O) groups is 1. The smallest absolute Gasteiger partial charge is 0.228 e. The van der Waals surface area contributed by atoms with Gasteiger partial charge in [-0.05, 0) is 12.8 Å². The average Bonchev–Trinajstić information content (AvgIpc) is 2.93. The summed E-state index contributed by atoms with van der Waals surface area (Å²) in [6.45, 7) is 1.25. The number of hydrogen-bond acceptors (Lipinski definition) is 6. The quantitative estimate of drug-likeness (QED) is 0.763. The van der Waals surface area contributed by atoms with Gasteiger partial charge in [0, 0.05) is 33.7 Å². The van der Waals surface area contributed by atoms with Gasteiger partial charge in [0.05, 0.1) is 36.3 Å². The summed E-state index contributed by atoms with van der Waals surface area (Å²) in [5.74, 6) is 0.540. The maximum absolute atomic E-state index is 12.7. The monoisotopic (exact) mass is 353 g/mol. The highest BCUT2D eigenvalue weighted by Gasteiger charge is 2.42. The molecule has 2 fully saturated rings. The average molecular weight is 353 g/mol. The van der Waals surface area contributed by atoms with E-state index < -0.39 is 10.0 Å².